The van der Waals surface area contributed by atoms with Crippen LogP contribution in [0.4, 0.5) is 5.95 Å². The van der Waals surface area contributed by atoms with Crippen molar-refractivity contribution >= 4 is 34.7 Å². The van der Waals surface area contributed by atoms with E-state index in [0.29, 0.717) is 23.0 Å². The number of hydrogen-bond donors (Lipinski definition) is 2. The lowest BCUT2D eigenvalue weighted by Crippen LogP contribution is -2.40. The summed E-state index contributed by atoms with van der Waals surface area (Å²) in [6.45, 7) is 2.57. The molecule has 134 valence electrons. The molecule has 0 radical (unpaired) electrons. The molecule has 0 spiro atoms. The van der Waals surface area contributed by atoms with Gasteiger partial charge in [-0.2, -0.15) is 10.1 Å². The van der Waals surface area contributed by atoms with Crippen molar-refractivity contribution in [3.63, 3.8) is 0 Å². The molecule has 9 heteroatoms. The molecule has 2 aromatic rings. The summed E-state index contributed by atoms with van der Waals surface area (Å²) in [6.07, 6.45) is 6.07. The Bertz CT molecular complexity index is 835. The van der Waals surface area contributed by atoms with Crippen LogP contribution >= 0.6 is 11.8 Å². The summed E-state index contributed by atoms with van der Waals surface area (Å²) < 4.78 is 1.87. The van der Waals surface area contributed by atoms with Gasteiger partial charge < -0.3 is 10.2 Å². The lowest BCUT2D eigenvalue weighted by Gasteiger charge is -2.20. The number of anilines is 1. The SMILES string of the molecule is C[C@@H](Nc1nc2c(cnn2C2CCCC2)c(=O)[nH]1)C(=O)N1CCSC1. The van der Waals surface area contributed by atoms with Gasteiger partial charge in [0.1, 0.15) is 11.4 Å². The molecule has 25 heavy (non-hydrogen) atoms. The summed E-state index contributed by atoms with van der Waals surface area (Å²) in [5, 5.41) is 7.93. The van der Waals surface area contributed by atoms with E-state index < -0.39 is 6.04 Å². The molecular weight excluding hydrogens is 340 g/mol. The Hall–Kier alpha value is -2.03. The minimum absolute atomic E-state index is 0.0250. The molecule has 1 saturated heterocycles. The first-order valence-electron chi connectivity index (χ1n) is 8.74. The molecule has 1 aliphatic heterocycles. The molecule has 0 bridgehead atoms. The molecule has 4 rings (SSSR count). The van der Waals surface area contributed by atoms with Gasteiger partial charge in [-0.05, 0) is 19.8 Å². The molecule has 1 amide bonds. The molecule has 3 heterocycles. The fourth-order valence-corrected chi connectivity index (χ4v) is 4.50. The lowest BCUT2D eigenvalue weighted by atomic mass is 10.2. The zero-order valence-corrected chi connectivity index (χ0v) is 15.0. The van der Waals surface area contributed by atoms with Crippen molar-refractivity contribution in [2.45, 2.75) is 44.7 Å². The number of carbonyl (C=O) groups is 1. The highest BCUT2D eigenvalue weighted by Gasteiger charge is 2.25. The van der Waals surface area contributed by atoms with Gasteiger partial charge in [0.2, 0.25) is 11.9 Å². The number of H-pyrrole nitrogens is 1. The number of aromatic amines is 1. The van der Waals surface area contributed by atoms with Crippen molar-refractivity contribution in [3.05, 3.63) is 16.6 Å². The maximum Gasteiger partial charge on any atom is 0.263 e. The molecule has 2 aliphatic rings. The Morgan fingerprint density at radius 2 is 2.24 bits per heavy atom. The summed E-state index contributed by atoms with van der Waals surface area (Å²) in [6, 6.07) is -0.137. The molecule has 2 N–H and O–H groups in total. The van der Waals surface area contributed by atoms with Gasteiger partial charge in [-0.1, -0.05) is 12.8 Å². The molecule has 2 aromatic heterocycles. The van der Waals surface area contributed by atoms with Crippen LogP contribution in [0.3, 0.4) is 0 Å². The zero-order valence-electron chi connectivity index (χ0n) is 14.2. The topological polar surface area (TPSA) is 95.9 Å². The largest absolute Gasteiger partial charge is 0.344 e. The van der Waals surface area contributed by atoms with Crippen LogP contribution in [0.15, 0.2) is 11.0 Å². The summed E-state index contributed by atoms with van der Waals surface area (Å²) >= 11 is 1.75. The van der Waals surface area contributed by atoms with E-state index in [0.717, 1.165) is 31.0 Å². The Balaban J connectivity index is 1.60. The number of nitrogens with zero attached hydrogens (tertiary/aromatic N) is 4. The Kier molecular flexibility index (Phi) is 4.41. The minimum Gasteiger partial charge on any atom is -0.344 e. The second kappa shape index (κ2) is 6.70. The van der Waals surface area contributed by atoms with Gasteiger partial charge in [0.05, 0.1) is 18.1 Å². The van der Waals surface area contributed by atoms with Gasteiger partial charge in [-0.15, -0.1) is 11.8 Å². The van der Waals surface area contributed by atoms with Crippen molar-refractivity contribution in [2.75, 3.05) is 23.5 Å². The van der Waals surface area contributed by atoms with Crippen molar-refractivity contribution in [1.82, 2.24) is 24.6 Å². The Morgan fingerprint density at radius 3 is 2.96 bits per heavy atom. The number of hydrogen-bond acceptors (Lipinski definition) is 6. The molecule has 1 saturated carbocycles. The first-order valence-corrected chi connectivity index (χ1v) is 9.89. The first-order chi connectivity index (χ1) is 12.1. The van der Waals surface area contributed by atoms with Gasteiger partial charge >= 0.3 is 0 Å². The molecule has 2 fully saturated rings. The van der Waals surface area contributed by atoms with E-state index in [-0.39, 0.29) is 11.5 Å². The molecule has 1 aliphatic carbocycles. The van der Waals surface area contributed by atoms with Crippen LogP contribution < -0.4 is 10.9 Å². The van der Waals surface area contributed by atoms with Crippen LogP contribution in [-0.2, 0) is 4.79 Å². The van der Waals surface area contributed by atoms with Crippen LogP contribution in [-0.4, -0.2) is 54.8 Å². The molecular formula is C16H22N6O2S. The average Bonchev–Trinajstić information content (AvgIpc) is 3.34. The zero-order chi connectivity index (χ0) is 17.4. The van der Waals surface area contributed by atoms with E-state index in [9.17, 15) is 9.59 Å². The highest BCUT2D eigenvalue weighted by atomic mass is 32.2. The quantitative estimate of drug-likeness (QED) is 0.857. The van der Waals surface area contributed by atoms with E-state index in [1.54, 1.807) is 24.9 Å². The maximum absolute atomic E-state index is 12.4. The van der Waals surface area contributed by atoms with Gasteiger partial charge in [0.15, 0.2) is 5.65 Å². The monoisotopic (exact) mass is 362 g/mol. The van der Waals surface area contributed by atoms with Crippen molar-refractivity contribution in [1.29, 1.82) is 0 Å². The summed E-state index contributed by atoms with van der Waals surface area (Å²) in [5.41, 5.74) is 0.364. The fourth-order valence-electron chi connectivity index (χ4n) is 3.55. The molecule has 8 nitrogen and oxygen atoms in total. The van der Waals surface area contributed by atoms with E-state index >= 15 is 0 Å². The lowest BCUT2D eigenvalue weighted by molar-refractivity contribution is -0.130. The first kappa shape index (κ1) is 16.4. The van der Waals surface area contributed by atoms with Crippen LogP contribution in [0, 0.1) is 0 Å². The summed E-state index contributed by atoms with van der Waals surface area (Å²) in [7, 11) is 0. The van der Waals surface area contributed by atoms with E-state index in [4.69, 9.17) is 0 Å². The van der Waals surface area contributed by atoms with Crippen LogP contribution in [0.2, 0.25) is 0 Å². The van der Waals surface area contributed by atoms with Gasteiger partial charge in [-0.25, -0.2) is 4.68 Å². The Labute approximate surface area is 149 Å². The molecule has 0 aromatic carbocycles. The van der Waals surface area contributed by atoms with Gasteiger partial charge in [0, 0.05) is 12.3 Å². The number of nitrogens with one attached hydrogen (secondary N) is 2. The predicted octanol–water partition coefficient (Wildman–Crippen LogP) is 1.57. The third-order valence-electron chi connectivity index (χ3n) is 4.92. The number of thioether (sulfide) groups is 1. The van der Waals surface area contributed by atoms with Gasteiger partial charge in [-0.3, -0.25) is 14.6 Å². The number of rotatable bonds is 4. The minimum atomic E-state index is -0.442. The third kappa shape index (κ3) is 3.12. The normalized spacial score (nSPS) is 19.6. The Morgan fingerprint density at radius 1 is 1.44 bits per heavy atom. The summed E-state index contributed by atoms with van der Waals surface area (Å²) in [5.74, 6) is 2.05. The van der Waals surface area contributed by atoms with Crippen molar-refractivity contribution in [2.24, 2.45) is 0 Å². The van der Waals surface area contributed by atoms with E-state index in [1.807, 2.05) is 9.58 Å². The average molecular weight is 362 g/mol. The van der Waals surface area contributed by atoms with Crippen molar-refractivity contribution < 1.29 is 4.79 Å². The number of fused-ring (bicyclic) bond motifs is 1. The smallest absolute Gasteiger partial charge is 0.263 e. The van der Waals surface area contributed by atoms with Crippen LogP contribution in [0.25, 0.3) is 11.0 Å². The highest BCUT2D eigenvalue weighted by Crippen LogP contribution is 2.30. The standard InChI is InChI=1S/C16H22N6O2S/c1-10(15(24)21-6-7-25-9-21)18-16-19-13-12(14(23)20-16)8-17-22(13)11-4-2-3-5-11/h8,10-11H,2-7,9H2,1H3,(H2,18,19,20,23)/t10-/m1/s1. The highest BCUT2D eigenvalue weighted by molar-refractivity contribution is 7.99. The van der Waals surface area contributed by atoms with Crippen LogP contribution in [0.1, 0.15) is 38.6 Å². The van der Waals surface area contributed by atoms with E-state index in [1.165, 1.54) is 12.8 Å². The van der Waals surface area contributed by atoms with Crippen molar-refractivity contribution in [3.8, 4) is 0 Å². The van der Waals surface area contributed by atoms with Crippen LogP contribution in [0.5, 0.6) is 0 Å². The van der Waals surface area contributed by atoms with Gasteiger partial charge in [0.25, 0.3) is 5.56 Å². The summed E-state index contributed by atoms with van der Waals surface area (Å²) in [4.78, 5) is 33.9. The molecule has 1 atom stereocenters. The predicted molar refractivity (Wildman–Crippen MR) is 97.8 cm³/mol. The number of amides is 1. The fraction of sp³-hybridized carbons (Fsp3) is 0.625. The molecule has 0 unspecified atom stereocenters. The third-order valence-corrected chi connectivity index (χ3v) is 5.89. The van der Waals surface area contributed by atoms with E-state index in [2.05, 4.69) is 20.4 Å². The number of aromatic nitrogens is 4. The second-order valence-electron chi connectivity index (χ2n) is 6.68. The maximum atomic E-state index is 12.4. The second-order valence-corrected chi connectivity index (χ2v) is 7.76. The number of carbonyl (C=O) groups excluding carboxylic acids is 1.